The summed E-state index contributed by atoms with van der Waals surface area (Å²) in [5, 5.41) is 5.97. The summed E-state index contributed by atoms with van der Waals surface area (Å²) in [7, 11) is 0. The molecule has 1 aliphatic rings. The lowest BCUT2D eigenvalue weighted by Crippen LogP contribution is -2.48. The summed E-state index contributed by atoms with van der Waals surface area (Å²) in [6.45, 7) is 7.14. The van der Waals surface area contributed by atoms with Crippen LogP contribution in [0.5, 0.6) is 0 Å². The molecule has 3 rings (SSSR count). The number of likely N-dealkylation sites (tertiary alicyclic amines) is 1. The molecule has 0 aliphatic carbocycles. The first-order chi connectivity index (χ1) is 13.6. The highest BCUT2D eigenvalue weighted by Crippen LogP contribution is 2.23. The molecule has 3 amide bonds. The number of nitrogens with zero attached hydrogens (tertiary/aromatic N) is 3. The Morgan fingerprint density at radius 2 is 1.86 bits per heavy atom. The lowest BCUT2D eigenvalue weighted by Gasteiger charge is -2.34. The lowest BCUT2D eigenvalue weighted by molar-refractivity contribution is -0.126. The highest BCUT2D eigenvalue weighted by molar-refractivity contribution is 7.13. The van der Waals surface area contributed by atoms with Gasteiger partial charge in [-0.15, -0.1) is 11.3 Å². The van der Waals surface area contributed by atoms with E-state index < -0.39 is 0 Å². The van der Waals surface area contributed by atoms with Gasteiger partial charge in [-0.05, 0) is 26.7 Å². The van der Waals surface area contributed by atoms with E-state index in [-0.39, 0.29) is 17.9 Å². The molecule has 6 nitrogen and oxygen atoms in total. The molecule has 1 aromatic heterocycles. The average molecular weight is 401 g/mol. The molecule has 0 saturated carbocycles. The molecule has 28 heavy (non-hydrogen) atoms. The zero-order valence-electron chi connectivity index (χ0n) is 16.6. The highest BCUT2D eigenvalue weighted by Gasteiger charge is 2.28. The minimum absolute atomic E-state index is 0.0343. The monoisotopic (exact) mass is 400 g/mol. The van der Waals surface area contributed by atoms with Gasteiger partial charge in [-0.2, -0.15) is 0 Å². The molecule has 2 heterocycles. The van der Waals surface area contributed by atoms with Gasteiger partial charge in [0, 0.05) is 43.0 Å². The second-order valence-electron chi connectivity index (χ2n) is 6.94. The van der Waals surface area contributed by atoms with E-state index >= 15 is 0 Å². The maximum absolute atomic E-state index is 12.5. The number of thiazole rings is 1. The minimum atomic E-state index is -0.0343. The Balaban J connectivity index is 1.46. The number of rotatable bonds is 6. The molecule has 0 atom stereocenters. The minimum Gasteiger partial charge on any atom is -0.350 e. The number of hydrogen-bond donors (Lipinski definition) is 1. The molecule has 1 saturated heterocycles. The third kappa shape index (κ3) is 4.90. The van der Waals surface area contributed by atoms with Crippen LogP contribution < -0.4 is 5.32 Å². The third-order valence-corrected chi connectivity index (χ3v) is 6.13. The summed E-state index contributed by atoms with van der Waals surface area (Å²) >= 11 is 1.59. The standard InChI is InChI=1S/C21H28N4O2S/c1-3-24(4-2)21(27)25-12-10-16(11-13-25)19(26)22-14-18-15-28-20(23-18)17-8-6-5-7-9-17/h5-9,15-16H,3-4,10-14H2,1-2H3,(H,22,26). The summed E-state index contributed by atoms with van der Waals surface area (Å²) in [6, 6.07) is 10.1. The second kappa shape index (κ2) is 9.68. The highest BCUT2D eigenvalue weighted by atomic mass is 32.1. The molecule has 1 fully saturated rings. The van der Waals surface area contributed by atoms with Crippen molar-refractivity contribution >= 4 is 23.3 Å². The Morgan fingerprint density at radius 1 is 1.18 bits per heavy atom. The SMILES string of the molecule is CCN(CC)C(=O)N1CCC(C(=O)NCc2csc(-c3ccccc3)n2)CC1. The fourth-order valence-electron chi connectivity index (χ4n) is 3.45. The Hall–Kier alpha value is -2.41. The van der Waals surface area contributed by atoms with E-state index in [0.717, 1.165) is 16.3 Å². The van der Waals surface area contributed by atoms with Crippen molar-refractivity contribution in [1.82, 2.24) is 20.1 Å². The van der Waals surface area contributed by atoms with E-state index in [2.05, 4.69) is 10.3 Å². The van der Waals surface area contributed by atoms with Crippen LogP contribution in [0.4, 0.5) is 4.79 Å². The van der Waals surface area contributed by atoms with E-state index in [9.17, 15) is 9.59 Å². The van der Waals surface area contributed by atoms with E-state index in [1.807, 2.05) is 59.4 Å². The molecule has 0 bridgehead atoms. The van der Waals surface area contributed by atoms with Crippen LogP contribution in [0.1, 0.15) is 32.4 Å². The molecule has 1 aromatic carbocycles. The number of urea groups is 1. The van der Waals surface area contributed by atoms with Crippen LogP contribution >= 0.6 is 11.3 Å². The first-order valence-electron chi connectivity index (χ1n) is 9.93. The molecule has 0 spiro atoms. The third-order valence-electron chi connectivity index (χ3n) is 5.19. The topological polar surface area (TPSA) is 65.5 Å². The van der Waals surface area contributed by atoms with Gasteiger partial charge in [-0.3, -0.25) is 4.79 Å². The Morgan fingerprint density at radius 3 is 2.50 bits per heavy atom. The van der Waals surface area contributed by atoms with E-state index in [0.29, 0.717) is 45.6 Å². The first-order valence-corrected chi connectivity index (χ1v) is 10.8. The lowest BCUT2D eigenvalue weighted by atomic mass is 9.96. The van der Waals surface area contributed by atoms with Crippen LogP contribution in [0.15, 0.2) is 35.7 Å². The van der Waals surface area contributed by atoms with Gasteiger partial charge >= 0.3 is 6.03 Å². The van der Waals surface area contributed by atoms with Crippen molar-refractivity contribution in [2.24, 2.45) is 5.92 Å². The van der Waals surface area contributed by atoms with Gasteiger partial charge in [-0.25, -0.2) is 9.78 Å². The van der Waals surface area contributed by atoms with Gasteiger partial charge in [0.15, 0.2) is 0 Å². The Kier molecular flexibility index (Phi) is 7.03. The number of piperidine rings is 1. The predicted octanol–water partition coefficient (Wildman–Crippen LogP) is 3.60. The van der Waals surface area contributed by atoms with Crippen LogP contribution in [0.2, 0.25) is 0 Å². The summed E-state index contributed by atoms with van der Waals surface area (Å²) in [4.78, 5) is 33.2. The molecular weight excluding hydrogens is 372 g/mol. The number of carbonyl (C=O) groups excluding carboxylic acids is 2. The van der Waals surface area contributed by atoms with Crippen LogP contribution in [-0.2, 0) is 11.3 Å². The van der Waals surface area contributed by atoms with Crippen molar-refractivity contribution in [3.05, 3.63) is 41.4 Å². The number of carbonyl (C=O) groups is 2. The average Bonchev–Trinajstić information content (AvgIpc) is 3.22. The maximum Gasteiger partial charge on any atom is 0.319 e. The normalized spacial score (nSPS) is 14.7. The largest absolute Gasteiger partial charge is 0.350 e. The number of amides is 3. The van der Waals surface area contributed by atoms with Crippen LogP contribution in [0.3, 0.4) is 0 Å². The van der Waals surface area contributed by atoms with Crippen molar-refractivity contribution in [2.75, 3.05) is 26.2 Å². The molecule has 0 radical (unpaired) electrons. The van der Waals surface area contributed by atoms with Gasteiger partial charge in [-0.1, -0.05) is 30.3 Å². The van der Waals surface area contributed by atoms with Gasteiger partial charge in [0.2, 0.25) is 5.91 Å². The van der Waals surface area contributed by atoms with Gasteiger partial charge in [0.25, 0.3) is 0 Å². The molecular formula is C21H28N4O2S. The number of benzene rings is 1. The molecule has 1 N–H and O–H groups in total. The number of nitrogens with one attached hydrogen (secondary N) is 1. The zero-order valence-corrected chi connectivity index (χ0v) is 17.4. The summed E-state index contributed by atoms with van der Waals surface area (Å²) in [5.41, 5.74) is 1.97. The summed E-state index contributed by atoms with van der Waals surface area (Å²) in [6.07, 6.45) is 1.43. The van der Waals surface area contributed by atoms with Crippen molar-refractivity contribution in [3.8, 4) is 10.6 Å². The predicted molar refractivity (Wildman–Crippen MR) is 112 cm³/mol. The molecule has 150 valence electrons. The quantitative estimate of drug-likeness (QED) is 0.806. The zero-order chi connectivity index (χ0) is 19.9. The first kappa shape index (κ1) is 20.3. The van der Waals surface area contributed by atoms with Crippen molar-refractivity contribution in [2.45, 2.75) is 33.2 Å². The smallest absolute Gasteiger partial charge is 0.319 e. The summed E-state index contributed by atoms with van der Waals surface area (Å²) in [5.74, 6) is 0.0252. The molecule has 7 heteroatoms. The van der Waals surface area contributed by atoms with Gasteiger partial charge in [0.1, 0.15) is 5.01 Å². The molecule has 1 aliphatic heterocycles. The molecule has 2 aromatic rings. The van der Waals surface area contributed by atoms with Crippen LogP contribution in [0, 0.1) is 5.92 Å². The van der Waals surface area contributed by atoms with Crippen molar-refractivity contribution in [1.29, 1.82) is 0 Å². The van der Waals surface area contributed by atoms with Crippen LogP contribution in [-0.4, -0.2) is 52.9 Å². The second-order valence-corrected chi connectivity index (χ2v) is 7.80. The fraction of sp³-hybridized carbons (Fsp3) is 0.476. The maximum atomic E-state index is 12.5. The Bertz CT molecular complexity index is 781. The van der Waals surface area contributed by atoms with E-state index in [1.165, 1.54) is 0 Å². The number of aromatic nitrogens is 1. The molecule has 0 unspecified atom stereocenters. The Labute approximate surface area is 170 Å². The fourth-order valence-corrected chi connectivity index (χ4v) is 4.28. The van der Waals surface area contributed by atoms with Crippen molar-refractivity contribution < 1.29 is 9.59 Å². The van der Waals surface area contributed by atoms with E-state index in [4.69, 9.17) is 0 Å². The summed E-state index contributed by atoms with van der Waals surface area (Å²) < 4.78 is 0. The van der Waals surface area contributed by atoms with Gasteiger partial charge in [0.05, 0.1) is 12.2 Å². The van der Waals surface area contributed by atoms with Gasteiger partial charge < -0.3 is 15.1 Å². The number of hydrogen-bond acceptors (Lipinski definition) is 4. The van der Waals surface area contributed by atoms with E-state index in [1.54, 1.807) is 11.3 Å². The van der Waals surface area contributed by atoms with Crippen LogP contribution in [0.25, 0.3) is 10.6 Å². The van der Waals surface area contributed by atoms with Crippen molar-refractivity contribution in [3.63, 3.8) is 0 Å².